The Labute approximate surface area is 188 Å². The Morgan fingerprint density at radius 3 is 2.26 bits per heavy atom. The average molecular weight is 443 g/mol. The molecule has 0 aromatic heterocycles. The van der Waals surface area contributed by atoms with E-state index in [1.807, 2.05) is 45.0 Å². The highest BCUT2D eigenvalue weighted by atomic mass is 32.2. The van der Waals surface area contributed by atoms with Gasteiger partial charge in [0.05, 0.1) is 17.4 Å². The number of amides is 2. The Kier molecular flexibility index (Phi) is 9.59. The van der Waals surface area contributed by atoms with Crippen LogP contribution < -0.4 is 10.6 Å². The average Bonchev–Trinajstić information content (AvgIpc) is 2.75. The summed E-state index contributed by atoms with van der Waals surface area (Å²) < 4.78 is 5.21. The molecule has 0 saturated carbocycles. The molecule has 0 aliphatic heterocycles. The Hall–Kier alpha value is -2.80. The number of esters is 1. The molecule has 0 bridgehead atoms. The van der Waals surface area contributed by atoms with Gasteiger partial charge in [0.15, 0.2) is 6.61 Å². The minimum absolute atomic E-state index is 0.0544. The first-order valence-electron chi connectivity index (χ1n) is 10.4. The zero-order valence-corrected chi connectivity index (χ0v) is 19.3. The third-order valence-corrected chi connectivity index (χ3v) is 5.59. The highest BCUT2D eigenvalue weighted by Crippen LogP contribution is 2.23. The van der Waals surface area contributed by atoms with E-state index in [9.17, 15) is 14.4 Å². The molecule has 0 heterocycles. The monoisotopic (exact) mass is 442 g/mol. The summed E-state index contributed by atoms with van der Waals surface area (Å²) in [5, 5.41) is 5.65. The van der Waals surface area contributed by atoms with Crippen molar-refractivity contribution in [1.82, 2.24) is 10.6 Å². The van der Waals surface area contributed by atoms with Gasteiger partial charge in [0, 0.05) is 10.9 Å². The van der Waals surface area contributed by atoms with Gasteiger partial charge in [-0.25, -0.2) is 4.79 Å². The number of rotatable bonds is 10. The standard InChI is InChI=1S/C24H30N2O4S/c1-5-18-10-12-19(13-11-18)17(4)26-22(27)14-30-24(29)20-8-6-7-9-21(20)31-15-23(28)25-16(2)3/h6-13,16-17H,5,14-15H2,1-4H3,(H,25,28)(H,26,27)/t17-/m1/s1. The first kappa shape index (κ1) is 24.5. The molecule has 2 N–H and O–H groups in total. The maximum Gasteiger partial charge on any atom is 0.339 e. The summed E-state index contributed by atoms with van der Waals surface area (Å²) in [5.74, 6) is -0.884. The molecule has 0 saturated heterocycles. The van der Waals surface area contributed by atoms with Crippen molar-refractivity contribution in [2.24, 2.45) is 0 Å². The molecule has 166 valence electrons. The zero-order chi connectivity index (χ0) is 22.8. The molecule has 0 aliphatic rings. The number of ether oxygens (including phenoxy) is 1. The zero-order valence-electron chi connectivity index (χ0n) is 18.4. The maximum absolute atomic E-state index is 12.5. The van der Waals surface area contributed by atoms with Gasteiger partial charge < -0.3 is 15.4 Å². The van der Waals surface area contributed by atoms with Gasteiger partial charge in [-0.1, -0.05) is 43.3 Å². The third-order valence-electron chi connectivity index (χ3n) is 4.52. The normalized spacial score (nSPS) is 11.6. The highest BCUT2D eigenvalue weighted by Gasteiger charge is 2.17. The van der Waals surface area contributed by atoms with Gasteiger partial charge in [-0.2, -0.15) is 0 Å². The maximum atomic E-state index is 12.5. The van der Waals surface area contributed by atoms with Crippen LogP contribution in [0.15, 0.2) is 53.4 Å². The van der Waals surface area contributed by atoms with Crippen LogP contribution in [0.5, 0.6) is 0 Å². The Bertz CT molecular complexity index is 897. The fourth-order valence-electron chi connectivity index (χ4n) is 2.89. The summed E-state index contributed by atoms with van der Waals surface area (Å²) in [6.07, 6.45) is 0.957. The van der Waals surface area contributed by atoms with E-state index >= 15 is 0 Å². The van der Waals surface area contributed by atoms with E-state index in [1.165, 1.54) is 17.3 Å². The highest BCUT2D eigenvalue weighted by molar-refractivity contribution is 8.00. The summed E-state index contributed by atoms with van der Waals surface area (Å²) in [5.41, 5.74) is 2.55. The van der Waals surface area contributed by atoms with Crippen molar-refractivity contribution in [3.8, 4) is 0 Å². The van der Waals surface area contributed by atoms with Crippen molar-refractivity contribution >= 4 is 29.5 Å². The van der Waals surface area contributed by atoms with E-state index in [2.05, 4.69) is 17.6 Å². The smallest absolute Gasteiger partial charge is 0.339 e. The van der Waals surface area contributed by atoms with Gasteiger partial charge in [0.25, 0.3) is 5.91 Å². The van der Waals surface area contributed by atoms with Crippen molar-refractivity contribution in [1.29, 1.82) is 0 Å². The lowest BCUT2D eigenvalue weighted by atomic mass is 10.1. The third kappa shape index (κ3) is 8.09. The fourth-order valence-corrected chi connectivity index (χ4v) is 3.74. The largest absolute Gasteiger partial charge is 0.452 e. The first-order valence-corrected chi connectivity index (χ1v) is 11.3. The Morgan fingerprint density at radius 1 is 0.935 bits per heavy atom. The second kappa shape index (κ2) is 12.2. The molecule has 31 heavy (non-hydrogen) atoms. The lowest BCUT2D eigenvalue weighted by Gasteiger charge is -2.15. The van der Waals surface area contributed by atoms with E-state index in [1.54, 1.807) is 24.3 Å². The second-order valence-electron chi connectivity index (χ2n) is 7.47. The molecule has 2 aromatic carbocycles. The number of carbonyl (C=O) groups excluding carboxylic acids is 3. The molecule has 0 radical (unpaired) electrons. The topological polar surface area (TPSA) is 84.5 Å². The van der Waals surface area contributed by atoms with E-state index in [0.717, 1.165) is 12.0 Å². The quantitative estimate of drug-likeness (QED) is 0.431. The van der Waals surface area contributed by atoms with Crippen LogP contribution in [0.25, 0.3) is 0 Å². The number of hydrogen-bond acceptors (Lipinski definition) is 5. The van der Waals surface area contributed by atoms with Crippen LogP contribution in [0.1, 0.15) is 55.2 Å². The minimum Gasteiger partial charge on any atom is -0.452 e. The van der Waals surface area contributed by atoms with Crippen LogP contribution in [-0.2, 0) is 20.7 Å². The lowest BCUT2D eigenvalue weighted by molar-refractivity contribution is -0.125. The Balaban J connectivity index is 1.88. The van der Waals surface area contributed by atoms with Gasteiger partial charge in [0.2, 0.25) is 5.91 Å². The molecule has 6 nitrogen and oxygen atoms in total. The van der Waals surface area contributed by atoms with Crippen LogP contribution in [0, 0.1) is 0 Å². The molecular formula is C24H30N2O4S. The van der Waals surface area contributed by atoms with E-state index in [0.29, 0.717) is 10.5 Å². The summed E-state index contributed by atoms with van der Waals surface area (Å²) >= 11 is 1.26. The predicted molar refractivity (Wildman–Crippen MR) is 123 cm³/mol. The van der Waals surface area contributed by atoms with E-state index < -0.39 is 5.97 Å². The summed E-state index contributed by atoms with van der Waals surface area (Å²) in [7, 11) is 0. The molecule has 0 unspecified atom stereocenters. The molecule has 2 rings (SSSR count). The molecule has 0 fully saturated rings. The number of benzene rings is 2. The number of carbonyl (C=O) groups is 3. The van der Waals surface area contributed by atoms with Crippen molar-refractivity contribution < 1.29 is 19.1 Å². The van der Waals surface area contributed by atoms with Crippen molar-refractivity contribution in [2.75, 3.05) is 12.4 Å². The minimum atomic E-state index is -0.595. The van der Waals surface area contributed by atoms with Crippen LogP contribution in [0.2, 0.25) is 0 Å². The molecular weight excluding hydrogens is 412 g/mol. The number of thioether (sulfide) groups is 1. The van der Waals surface area contributed by atoms with E-state index in [-0.39, 0.29) is 36.3 Å². The van der Waals surface area contributed by atoms with Crippen molar-refractivity contribution in [2.45, 2.75) is 51.1 Å². The molecule has 0 aliphatic carbocycles. The summed E-state index contributed by atoms with van der Waals surface area (Å²) in [6, 6.07) is 14.8. The Morgan fingerprint density at radius 2 is 1.61 bits per heavy atom. The van der Waals surface area contributed by atoms with E-state index in [4.69, 9.17) is 4.74 Å². The molecule has 2 amide bonds. The van der Waals surface area contributed by atoms with Crippen molar-refractivity contribution in [3.05, 3.63) is 65.2 Å². The van der Waals surface area contributed by atoms with Crippen molar-refractivity contribution in [3.63, 3.8) is 0 Å². The fraction of sp³-hybridized carbons (Fsp3) is 0.375. The second-order valence-corrected chi connectivity index (χ2v) is 8.48. The molecule has 1 atom stereocenters. The summed E-state index contributed by atoms with van der Waals surface area (Å²) in [4.78, 5) is 37.3. The lowest BCUT2D eigenvalue weighted by Crippen LogP contribution is -2.31. The molecule has 7 heteroatoms. The SMILES string of the molecule is CCc1ccc([C@@H](C)NC(=O)COC(=O)c2ccccc2SCC(=O)NC(C)C)cc1. The van der Waals surface area contributed by atoms with Crippen LogP contribution in [0.3, 0.4) is 0 Å². The van der Waals surface area contributed by atoms with Gasteiger partial charge in [-0.15, -0.1) is 11.8 Å². The number of aryl methyl sites for hydroxylation is 1. The van der Waals surface area contributed by atoms with Gasteiger partial charge in [0.1, 0.15) is 0 Å². The first-order chi connectivity index (χ1) is 14.8. The number of nitrogens with one attached hydrogen (secondary N) is 2. The summed E-state index contributed by atoms with van der Waals surface area (Å²) in [6.45, 7) is 7.38. The van der Waals surface area contributed by atoms with Gasteiger partial charge >= 0.3 is 5.97 Å². The van der Waals surface area contributed by atoms with Gasteiger partial charge in [-0.05, 0) is 50.5 Å². The van der Waals surface area contributed by atoms with Crippen LogP contribution >= 0.6 is 11.8 Å². The van der Waals surface area contributed by atoms with Gasteiger partial charge in [-0.3, -0.25) is 9.59 Å². The molecule has 2 aromatic rings. The van der Waals surface area contributed by atoms with Crippen LogP contribution in [-0.4, -0.2) is 36.2 Å². The van der Waals surface area contributed by atoms with Crippen LogP contribution in [0.4, 0.5) is 0 Å². The molecule has 0 spiro atoms. The number of hydrogen-bond donors (Lipinski definition) is 2. The predicted octanol–water partition coefficient (Wildman–Crippen LogP) is 3.90.